The molecule has 0 aliphatic carbocycles. The van der Waals surface area contributed by atoms with Gasteiger partial charge in [0.15, 0.2) is 0 Å². The van der Waals surface area contributed by atoms with Crippen LogP contribution < -0.4 is 0 Å². The molecule has 0 radical (unpaired) electrons. The van der Waals surface area contributed by atoms with E-state index < -0.39 is 0 Å². The summed E-state index contributed by atoms with van der Waals surface area (Å²) in [5.41, 5.74) is 22.8. The number of hydrogen-bond donors (Lipinski definition) is 0. The highest BCUT2D eigenvalue weighted by Gasteiger charge is 2.20. The second-order valence-electron chi connectivity index (χ2n) is 32.2. The van der Waals surface area contributed by atoms with Gasteiger partial charge in [-0.3, -0.25) is 29.9 Å². The maximum Gasteiger partial charge on any atom is 0.0971 e. The van der Waals surface area contributed by atoms with Gasteiger partial charge in [-0.05, 0) is 217 Å². The Morgan fingerprint density at radius 3 is 0.712 bits per heavy atom. The zero-order chi connectivity index (χ0) is 82.2. The van der Waals surface area contributed by atoms with Crippen molar-refractivity contribution in [2.24, 2.45) is 0 Å². The molecule has 9 heteroatoms. The smallest absolute Gasteiger partial charge is 0.0971 e. The zero-order valence-electron chi connectivity index (χ0n) is 67.2. The van der Waals surface area contributed by atoms with Gasteiger partial charge in [-0.25, -0.2) is 0 Å². The first-order valence-corrected chi connectivity index (χ1v) is 44.6. The third kappa shape index (κ3) is 12.3. The molecule has 6 aromatic heterocycles. The fraction of sp³-hybridized carbons (Fsp3) is 0. The lowest BCUT2D eigenvalue weighted by Crippen LogP contribution is -1.90. The molecule has 0 aliphatic rings. The fourth-order valence-electron chi connectivity index (χ4n) is 19.3. The van der Waals surface area contributed by atoms with Gasteiger partial charge < -0.3 is 0 Å². The van der Waals surface area contributed by atoms with Crippen LogP contribution in [-0.2, 0) is 0 Å². The van der Waals surface area contributed by atoms with Gasteiger partial charge in [-0.1, -0.05) is 291 Å². The summed E-state index contributed by atoms with van der Waals surface area (Å²) in [5, 5.41) is 27.0. The molecule has 580 valence electrons. The third-order valence-corrected chi connectivity index (χ3v) is 28.7. The largest absolute Gasteiger partial charge is 0.252 e. The number of thiophene rings is 3. The average molecular weight is 1640 g/mol. The molecular weight excluding hydrogens is 1570 g/mol. The van der Waals surface area contributed by atoms with Crippen LogP contribution in [0.25, 0.3) is 258 Å². The molecule has 6 heterocycles. The minimum absolute atomic E-state index is 0.948. The Labute approximate surface area is 729 Å². The molecule has 0 fully saturated rings. The molecule has 27 rings (SSSR count). The number of fused-ring (bicyclic) bond motifs is 29. The van der Waals surface area contributed by atoms with Crippen LogP contribution in [0.2, 0.25) is 0 Å². The average Bonchev–Trinajstić information content (AvgIpc) is 1.71. The van der Waals surface area contributed by atoms with Crippen molar-refractivity contribution >= 4 is 214 Å². The van der Waals surface area contributed by atoms with Crippen molar-refractivity contribution in [2.75, 3.05) is 0 Å². The maximum absolute atomic E-state index is 4.73. The Kier molecular flexibility index (Phi) is 17.1. The van der Waals surface area contributed by atoms with Gasteiger partial charge in [0, 0.05) is 130 Å². The van der Waals surface area contributed by atoms with Crippen LogP contribution in [0.3, 0.4) is 0 Å². The van der Waals surface area contributed by atoms with Crippen molar-refractivity contribution in [1.82, 2.24) is 29.9 Å². The van der Waals surface area contributed by atoms with Gasteiger partial charge in [-0.2, -0.15) is 0 Å². The Balaban J connectivity index is 0.000000103. The van der Waals surface area contributed by atoms with Crippen LogP contribution in [-0.4, -0.2) is 29.9 Å². The molecule has 0 unspecified atom stereocenters. The lowest BCUT2D eigenvalue weighted by Gasteiger charge is -2.14. The van der Waals surface area contributed by atoms with Crippen molar-refractivity contribution in [1.29, 1.82) is 0 Å². The molecule has 0 aliphatic heterocycles. The van der Waals surface area contributed by atoms with Crippen molar-refractivity contribution < 1.29 is 0 Å². The summed E-state index contributed by atoms with van der Waals surface area (Å²) >= 11 is 5.59. The summed E-state index contributed by atoms with van der Waals surface area (Å²) < 4.78 is 8.02. The van der Waals surface area contributed by atoms with E-state index in [9.17, 15) is 0 Å². The van der Waals surface area contributed by atoms with Crippen molar-refractivity contribution in [2.45, 2.75) is 0 Å². The molecule has 0 bridgehead atoms. The standard InChI is InChI=1S/C40H24N2S.2C38H22N2S/c1-2-7-33-31(5-1)35-23-29(17-19-34(35)40-39(33)41-21-22-42-40)27-13-9-25(10-14-27)26-11-15-28(16-12-26)30-18-20-38-36(24-30)32-6-3-4-8-37(32)43-38;1-2-9-31-29(7-1)33-21-23(15-17-32(33)38-37(31)39-19-20-40-38)25-10-5-13-28-26(11-6-12-27(25)28)24-16-18-36-34(22-24)30-8-3-4-14-35(30)41-36;1-2-7-31-29(5-1)33-21-26(13-15-32(33)38-37(31)39-17-18-40-38)24-11-9-23-10-12-25(20-28(23)19-24)27-14-16-36-34(22-27)30-6-3-4-8-35(30)41-36/h1-24H;2*1-22H. The maximum atomic E-state index is 4.73. The summed E-state index contributed by atoms with van der Waals surface area (Å²) in [5.74, 6) is 0. The van der Waals surface area contributed by atoms with E-state index in [1.165, 1.54) is 192 Å². The van der Waals surface area contributed by atoms with E-state index in [4.69, 9.17) is 15.0 Å². The second-order valence-corrected chi connectivity index (χ2v) is 35.5. The number of nitrogens with zero attached hydrogens (tertiary/aromatic N) is 6. The first-order valence-electron chi connectivity index (χ1n) is 42.1. The van der Waals surface area contributed by atoms with Gasteiger partial charge in [-0.15, -0.1) is 34.0 Å². The van der Waals surface area contributed by atoms with Crippen LogP contribution in [0.1, 0.15) is 0 Å². The third-order valence-electron chi connectivity index (χ3n) is 25.3. The minimum Gasteiger partial charge on any atom is -0.252 e. The summed E-state index contributed by atoms with van der Waals surface area (Å²) in [6.07, 6.45) is 10.7. The summed E-state index contributed by atoms with van der Waals surface area (Å²) in [6.45, 7) is 0. The van der Waals surface area contributed by atoms with Crippen LogP contribution in [0.5, 0.6) is 0 Å². The minimum atomic E-state index is 0.948. The monoisotopic (exact) mass is 1640 g/mol. The predicted molar refractivity (Wildman–Crippen MR) is 535 cm³/mol. The highest BCUT2D eigenvalue weighted by molar-refractivity contribution is 7.26. The number of benzene rings is 21. The lowest BCUT2D eigenvalue weighted by atomic mass is 9.91. The lowest BCUT2D eigenvalue weighted by molar-refractivity contribution is 1.31. The van der Waals surface area contributed by atoms with Crippen LogP contribution >= 0.6 is 34.0 Å². The van der Waals surface area contributed by atoms with E-state index >= 15 is 0 Å². The van der Waals surface area contributed by atoms with Gasteiger partial charge in [0.05, 0.1) is 33.1 Å². The summed E-state index contributed by atoms with van der Waals surface area (Å²) in [4.78, 5) is 28.2. The van der Waals surface area contributed by atoms with Gasteiger partial charge in [0.1, 0.15) is 0 Å². The predicted octanol–water partition coefficient (Wildman–Crippen LogP) is 32.9. The second kappa shape index (κ2) is 29.6. The van der Waals surface area contributed by atoms with Gasteiger partial charge in [0.2, 0.25) is 0 Å². The van der Waals surface area contributed by atoms with Crippen molar-refractivity contribution in [3.8, 4) is 77.9 Å². The zero-order valence-corrected chi connectivity index (χ0v) is 69.6. The molecule has 6 nitrogen and oxygen atoms in total. The van der Waals surface area contributed by atoms with Gasteiger partial charge in [0.25, 0.3) is 0 Å². The number of aromatic nitrogens is 6. The first-order chi connectivity index (χ1) is 61.9. The topological polar surface area (TPSA) is 77.3 Å². The molecule has 0 atom stereocenters. The van der Waals surface area contributed by atoms with E-state index in [0.717, 1.165) is 65.4 Å². The molecule has 0 spiro atoms. The first kappa shape index (κ1) is 72.2. The summed E-state index contributed by atoms with van der Waals surface area (Å²) in [6, 6.07) is 137. The number of rotatable bonds is 7. The highest BCUT2D eigenvalue weighted by Crippen LogP contribution is 2.46. The van der Waals surface area contributed by atoms with E-state index in [-0.39, 0.29) is 0 Å². The SMILES string of the molecule is c1ccc2c(c1)sc1ccc(-c3ccc(-c4ccc(-c5ccc6c(c5)c5ccccc5c5nccnc65)cc4)cc3)cc12.c1ccc2c(c1)sc1ccc(-c3ccc4ccc(-c5ccc6c(c5)c5ccccc5c5nccnc65)cc4c3)cc12.c1ccc2c(c1)sc1ccc(-c3cccc4c(-c5ccc6c(c5)c5ccccc5c5nccnc65)cccc34)cc12. The van der Waals surface area contributed by atoms with Crippen molar-refractivity contribution in [3.05, 3.63) is 413 Å². The molecule has 21 aromatic carbocycles. The van der Waals surface area contributed by atoms with Crippen LogP contribution in [0, 0.1) is 0 Å². The van der Waals surface area contributed by atoms with Crippen molar-refractivity contribution in [3.63, 3.8) is 0 Å². The quantitative estimate of drug-likeness (QED) is 0.148. The van der Waals surface area contributed by atoms with Crippen LogP contribution in [0.4, 0.5) is 0 Å². The highest BCUT2D eigenvalue weighted by atomic mass is 32.1. The Morgan fingerprint density at radius 2 is 0.352 bits per heavy atom. The van der Waals surface area contributed by atoms with Crippen LogP contribution in [0.15, 0.2) is 413 Å². The Hall–Kier alpha value is -15.6. The molecule has 0 N–H and O–H groups in total. The molecule has 27 aromatic rings. The van der Waals surface area contributed by atoms with E-state index in [1.54, 1.807) is 37.2 Å². The summed E-state index contributed by atoms with van der Waals surface area (Å²) in [7, 11) is 0. The molecule has 0 saturated heterocycles. The number of hydrogen-bond acceptors (Lipinski definition) is 9. The van der Waals surface area contributed by atoms with Gasteiger partial charge >= 0.3 is 0 Å². The van der Waals surface area contributed by atoms with E-state index in [0.29, 0.717) is 0 Å². The molecule has 0 amide bonds. The normalized spacial score (nSPS) is 11.8. The Bertz CT molecular complexity index is 9040. The fourth-order valence-corrected chi connectivity index (χ4v) is 22.5. The van der Waals surface area contributed by atoms with E-state index in [2.05, 4.69) is 391 Å². The Morgan fingerprint density at radius 1 is 0.128 bits per heavy atom. The molecular formula is C116H68N6S3. The molecule has 125 heavy (non-hydrogen) atoms. The molecule has 0 saturated carbocycles. The van der Waals surface area contributed by atoms with E-state index in [1.807, 2.05) is 34.0 Å².